The number of imide groups is 2. The van der Waals surface area contributed by atoms with E-state index in [9.17, 15) is 14.4 Å². The van der Waals surface area contributed by atoms with Crippen LogP contribution >= 0.6 is 0 Å². The lowest BCUT2D eigenvalue weighted by molar-refractivity contribution is -0.132. The number of nitrogens with one attached hydrogen (secondary N) is 1. The molecule has 2 fully saturated rings. The van der Waals surface area contributed by atoms with Crippen molar-refractivity contribution in [2.75, 3.05) is 18.0 Å². The molecule has 1 saturated heterocycles. The van der Waals surface area contributed by atoms with Gasteiger partial charge >= 0.3 is 6.03 Å². The molecule has 1 aromatic heterocycles. The van der Waals surface area contributed by atoms with Gasteiger partial charge in [0.15, 0.2) is 0 Å². The molecule has 2 aliphatic rings. The van der Waals surface area contributed by atoms with E-state index in [0.717, 1.165) is 67.8 Å². The molecular weight excluding hydrogens is 428 g/mol. The number of urea groups is 1. The minimum absolute atomic E-state index is 0.0160. The molecule has 0 atom stereocenters. The number of carbonyl (C=O) groups is 3. The third-order valence-electron chi connectivity index (χ3n) is 7.08. The van der Waals surface area contributed by atoms with Gasteiger partial charge in [0.1, 0.15) is 5.57 Å². The monoisotopic (exact) mass is 462 g/mol. The summed E-state index contributed by atoms with van der Waals surface area (Å²) < 4.78 is 2.12. The minimum atomic E-state index is -0.629. The molecule has 1 N–H and O–H groups in total. The number of anilines is 1. The smallest absolute Gasteiger partial charge is 0.331 e. The van der Waals surface area contributed by atoms with Crippen LogP contribution in [-0.4, -0.2) is 46.4 Å². The molecule has 0 unspecified atom stereocenters. The van der Waals surface area contributed by atoms with Gasteiger partial charge in [0, 0.05) is 41.9 Å². The van der Waals surface area contributed by atoms with Crippen LogP contribution < -0.4 is 10.2 Å². The van der Waals surface area contributed by atoms with Crippen LogP contribution in [0.1, 0.15) is 62.9 Å². The Kier molecular flexibility index (Phi) is 6.91. The van der Waals surface area contributed by atoms with E-state index < -0.39 is 17.8 Å². The fourth-order valence-corrected chi connectivity index (χ4v) is 5.23. The van der Waals surface area contributed by atoms with Crippen molar-refractivity contribution >= 4 is 29.6 Å². The van der Waals surface area contributed by atoms with Gasteiger partial charge in [-0.1, -0.05) is 19.3 Å². The van der Waals surface area contributed by atoms with Crippen LogP contribution in [0, 0.1) is 13.8 Å². The van der Waals surface area contributed by atoms with Crippen molar-refractivity contribution in [2.45, 2.75) is 65.8 Å². The molecule has 1 aliphatic carbocycles. The summed E-state index contributed by atoms with van der Waals surface area (Å²) in [4.78, 5) is 41.9. The Morgan fingerprint density at radius 2 is 1.65 bits per heavy atom. The molecule has 1 saturated carbocycles. The first-order valence-corrected chi connectivity index (χ1v) is 12.3. The highest BCUT2D eigenvalue weighted by molar-refractivity contribution is 6.31. The Labute approximate surface area is 201 Å². The number of carbonyl (C=O) groups excluding carboxylic acids is 3. The van der Waals surface area contributed by atoms with Crippen molar-refractivity contribution < 1.29 is 14.4 Å². The van der Waals surface area contributed by atoms with Gasteiger partial charge in [0.25, 0.3) is 11.8 Å². The van der Waals surface area contributed by atoms with E-state index >= 15 is 0 Å². The van der Waals surface area contributed by atoms with Crippen LogP contribution in [0.4, 0.5) is 10.5 Å². The van der Waals surface area contributed by atoms with Crippen LogP contribution in [0.5, 0.6) is 0 Å². The maximum Gasteiger partial charge on any atom is 0.331 e. The number of hydrogen-bond donors (Lipinski definition) is 1. The first kappa shape index (κ1) is 23.8. The number of aromatic nitrogens is 1. The Balaban J connectivity index is 1.65. The van der Waals surface area contributed by atoms with Gasteiger partial charge in [0.2, 0.25) is 0 Å². The van der Waals surface area contributed by atoms with E-state index in [1.54, 1.807) is 6.08 Å². The summed E-state index contributed by atoms with van der Waals surface area (Å²) in [6.07, 6.45) is 6.30. The number of nitrogens with zero attached hydrogens (tertiary/aromatic N) is 3. The average Bonchev–Trinajstić information content (AvgIpc) is 3.11. The number of rotatable bonds is 6. The average molecular weight is 463 g/mol. The molecular formula is C27H34N4O3. The molecule has 2 heterocycles. The fourth-order valence-electron chi connectivity index (χ4n) is 5.23. The van der Waals surface area contributed by atoms with Crippen molar-refractivity contribution in [2.24, 2.45) is 0 Å². The standard InChI is InChI=1S/C27H34N4O3/c1-5-29(6-2)21-12-14-23(15-13-21)30-18(3)16-20(19(30)4)17-24-25(32)28-27(34)31(26(24)33)22-10-8-7-9-11-22/h12-17,22H,5-11H2,1-4H3,(H,28,32,34). The second-order valence-electron chi connectivity index (χ2n) is 9.13. The van der Waals surface area contributed by atoms with E-state index in [1.807, 2.05) is 19.9 Å². The summed E-state index contributed by atoms with van der Waals surface area (Å²) in [6, 6.07) is 9.64. The van der Waals surface area contributed by atoms with Gasteiger partial charge in [-0.05, 0) is 82.5 Å². The summed E-state index contributed by atoms with van der Waals surface area (Å²) in [5, 5.41) is 2.38. The first-order chi connectivity index (χ1) is 16.3. The Morgan fingerprint density at radius 3 is 2.26 bits per heavy atom. The predicted octanol–water partition coefficient (Wildman–Crippen LogP) is 4.73. The summed E-state index contributed by atoms with van der Waals surface area (Å²) in [7, 11) is 0. The van der Waals surface area contributed by atoms with Crippen molar-refractivity contribution in [1.82, 2.24) is 14.8 Å². The molecule has 1 aromatic carbocycles. The third kappa shape index (κ3) is 4.39. The molecule has 4 rings (SSSR count). The number of barbiturate groups is 1. The van der Waals surface area contributed by atoms with Gasteiger partial charge in [-0.15, -0.1) is 0 Å². The molecule has 7 nitrogen and oxygen atoms in total. The molecule has 0 bridgehead atoms. The van der Waals surface area contributed by atoms with Crippen molar-refractivity contribution in [3.8, 4) is 5.69 Å². The molecule has 34 heavy (non-hydrogen) atoms. The number of aryl methyl sites for hydroxylation is 1. The molecule has 0 radical (unpaired) electrons. The van der Waals surface area contributed by atoms with E-state index in [0.29, 0.717) is 0 Å². The Hall–Kier alpha value is -3.35. The second-order valence-corrected chi connectivity index (χ2v) is 9.13. The van der Waals surface area contributed by atoms with Gasteiger partial charge < -0.3 is 9.47 Å². The highest BCUT2D eigenvalue weighted by Gasteiger charge is 2.40. The quantitative estimate of drug-likeness (QED) is 0.497. The lowest BCUT2D eigenvalue weighted by Gasteiger charge is -2.35. The van der Waals surface area contributed by atoms with Crippen molar-refractivity contribution in [1.29, 1.82) is 0 Å². The number of benzene rings is 1. The Morgan fingerprint density at radius 1 is 1.00 bits per heavy atom. The summed E-state index contributed by atoms with van der Waals surface area (Å²) in [5.74, 6) is -1.12. The lowest BCUT2D eigenvalue weighted by atomic mass is 9.93. The van der Waals surface area contributed by atoms with E-state index in [4.69, 9.17) is 0 Å². The molecule has 0 spiro atoms. The maximum atomic E-state index is 13.2. The van der Waals surface area contributed by atoms with Crippen LogP contribution in [-0.2, 0) is 9.59 Å². The van der Waals surface area contributed by atoms with Crippen LogP contribution in [0.3, 0.4) is 0 Å². The summed E-state index contributed by atoms with van der Waals surface area (Å²) in [5.41, 5.74) is 4.94. The molecule has 2 aromatic rings. The highest BCUT2D eigenvalue weighted by atomic mass is 16.2. The SMILES string of the molecule is CCN(CC)c1ccc(-n2c(C)cc(C=C3C(=O)NC(=O)N(C4CCCCC4)C3=O)c2C)cc1. The van der Waals surface area contributed by atoms with E-state index in [1.165, 1.54) is 10.6 Å². The van der Waals surface area contributed by atoms with E-state index in [2.05, 4.69) is 52.9 Å². The van der Waals surface area contributed by atoms with Gasteiger partial charge in [-0.25, -0.2) is 4.79 Å². The maximum absolute atomic E-state index is 13.2. The van der Waals surface area contributed by atoms with Gasteiger partial charge in [-0.2, -0.15) is 0 Å². The summed E-state index contributed by atoms with van der Waals surface area (Å²) >= 11 is 0. The third-order valence-corrected chi connectivity index (χ3v) is 7.08. The molecule has 4 amide bonds. The molecule has 1 aliphatic heterocycles. The van der Waals surface area contributed by atoms with E-state index in [-0.39, 0.29) is 11.6 Å². The van der Waals surface area contributed by atoms with Crippen LogP contribution in [0.15, 0.2) is 35.9 Å². The summed E-state index contributed by atoms with van der Waals surface area (Å²) in [6.45, 7) is 10.2. The predicted molar refractivity (Wildman–Crippen MR) is 134 cm³/mol. The number of amides is 4. The molecule has 7 heteroatoms. The zero-order chi connectivity index (χ0) is 24.4. The first-order valence-electron chi connectivity index (χ1n) is 12.3. The second kappa shape index (κ2) is 9.87. The highest BCUT2D eigenvalue weighted by Crippen LogP contribution is 2.28. The van der Waals surface area contributed by atoms with Crippen LogP contribution in [0.2, 0.25) is 0 Å². The van der Waals surface area contributed by atoms with Gasteiger partial charge in [-0.3, -0.25) is 19.8 Å². The molecule has 180 valence electrons. The van der Waals surface area contributed by atoms with Crippen molar-refractivity contribution in [3.05, 3.63) is 52.9 Å². The van der Waals surface area contributed by atoms with Crippen molar-refractivity contribution in [3.63, 3.8) is 0 Å². The normalized spacial score (nSPS) is 18.5. The van der Waals surface area contributed by atoms with Gasteiger partial charge in [0.05, 0.1) is 0 Å². The topological polar surface area (TPSA) is 74.7 Å². The number of hydrogen-bond acceptors (Lipinski definition) is 4. The zero-order valence-corrected chi connectivity index (χ0v) is 20.6. The van der Waals surface area contributed by atoms with Crippen LogP contribution in [0.25, 0.3) is 11.8 Å². The fraction of sp³-hybridized carbons (Fsp3) is 0.444. The largest absolute Gasteiger partial charge is 0.372 e. The minimum Gasteiger partial charge on any atom is -0.372 e. The lowest BCUT2D eigenvalue weighted by Crippen LogP contribution is -2.58. The Bertz CT molecular complexity index is 1120. The zero-order valence-electron chi connectivity index (χ0n) is 20.6.